The van der Waals surface area contributed by atoms with Gasteiger partial charge in [0, 0.05) is 47.1 Å². The molecule has 3 aromatic rings. The Hall–Kier alpha value is -2.83. The molecular weight excluding hydrogens is 406 g/mol. The number of hydrogen-bond acceptors (Lipinski definition) is 4. The van der Waals surface area contributed by atoms with Crippen molar-refractivity contribution in [2.75, 3.05) is 24.5 Å². The first-order chi connectivity index (χ1) is 15.2. The molecule has 0 aliphatic carbocycles. The van der Waals surface area contributed by atoms with E-state index in [9.17, 15) is 9.59 Å². The monoisotopic (exact) mass is 429 g/mol. The highest BCUT2D eigenvalue weighted by molar-refractivity contribution is 7.99. The number of anilines is 2. The van der Waals surface area contributed by atoms with Crippen LogP contribution in [0.4, 0.5) is 11.4 Å². The SMILES string of the molecule is O=C(CN1C[C@H]2C[C@@H](C1)c1cccc(=O)n1C2)N1c2ccccc2Sc2ccccc21. The van der Waals surface area contributed by atoms with Gasteiger partial charge >= 0.3 is 0 Å². The fraction of sp³-hybridized carbons (Fsp3) is 0.280. The highest BCUT2D eigenvalue weighted by Gasteiger charge is 2.36. The second-order valence-electron chi connectivity index (χ2n) is 8.66. The molecule has 1 aromatic heterocycles. The van der Waals surface area contributed by atoms with Crippen molar-refractivity contribution in [2.45, 2.75) is 28.7 Å². The van der Waals surface area contributed by atoms with Crippen molar-refractivity contribution in [3.63, 3.8) is 0 Å². The molecule has 6 rings (SSSR count). The van der Waals surface area contributed by atoms with Gasteiger partial charge in [0.25, 0.3) is 5.56 Å². The van der Waals surface area contributed by atoms with Crippen LogP contribution in [0.5, 0.6) is 0 Å². The van der Waals surface area contributed by atoms with Gasteiger partial charge in [-0.3, -0.25) is 19.4 Å². The summed E-state index contributed by atoms with van der Waals surface area (Å²) in [6, 6.07) is 21.8. The number of hydrogen-bond donors (Lipinski definition) is 0. The average molecular weight is 430 g/mol. The number of carbonyl (C=O) groups excluding carboxylic acids is 1. The van der Waals surface area contributed by atoms with Crippen LogP contribution in [0.25, 0.3) is 0 Å². The maximum absolute atomic E-state index is 13.6. The van der Waals surface area contributed by atoms with Crippen molar-refractivity contribution < 1.29 is 4.79 Å². The Labute approximate surface area is 185 Å². The molecule has 0 radical (unpaired) electrons. The van der Waals surface area contributed by atoms with Gasteiger partial charge in [-0.25, -0.2) is 0 Å². The summed E-state index contributed by atoms with van der Waals surface area (Å²) in [5, 5.41) is 0. The summed E-state index contributed by atoms with van der Waals surface area (Å²) in [5.41, 5.74) is 3.14. The lowest BCUT2D eigenvalue weighted by molar-refractivity contribution is -0.119. The average Bonchev–Trinajstić information content (AvgIpc) is 2.78. The van der Waals surface area contributed by atoms with Crippen LogP contribution in [0, 0.1) is 5.92 Å². The molecule has 5 nitrogen and oxygen atoms in total. The third-order valence-electron chi connectivity index (χ3n) is 6.60. The van der Waals surface area contributed by atoms with E-state index < -0.39 is 0 Å². The second-order valence-corrected chi connectivity index (χ2v) is 9.74. The van der Waals surface area contributed by atoms with Gasteiger partial charge in [-0.2, -0.15) is 0 Å². The van der Waals surface area contributed by atoms with E-state index in [2.05, 4.69) is 23.1 Å². The minimum atomic E-state index is 0.0933. The highest BCUT2D eigenvalue weighted by Crippen LogP contribution is 2.48. The van der Waals surface area contributed by atoms with E-state index in [0.29, 0.717) is 18.4 Å². The van der Waals surface area contributed by atoms with Crippen LogP contribution in [0.3, 0.4) is 0 Å². The lowest BCUT2D eigenvalue weighted by Crippen LogP contribution is -2.50. The Bertz CT molecular complexity index is 1190. The van der Waals surface area contributed by atoms with Crippen molar-refractivity contribution in [1.82, 2.24) is 9.47 Å². The van der Waals surface area contributed by atoms with E-state index in [4.69, 9.17) is 0 Å². The Morgan fingerprint density at radius 3 is 2.32 bits per heavy atom. The summed E-state index contributed by atoms with van der Waals surface area (Å²) in [4.78, 5) is 32.3. The molecule has 2 atom stereocenters. The van der Waals surface area contributed by atoms with Crippen LogP contribution >= 0.6 is 11.8 Å². The number of nitrogens with zero attached hydrogens (tertiary/aromatic N) is 3. The molecule has 3 aliphatic rings. The fourth-order valence-electron chi connectivity index (χ4n) is 5.36. The van der Waals surface area contributed by atoms with Crippen LogP contribution in [-0.4, -0.2) is 35.0 Å². The number of likely N-dealkylation sites (tertiary alicyclic amines) is 1. The predicted molar refractivity (Wildman–Crippen MR) is 122 cm³/mol. The normalized spacial score (nSPS) is 21.7. The second kappa shape index (κ2) is 7.39. The van der Waals surface area contributed by atoms with E-state index in [1.807, 2.05) is 51.9 Å². The number of amides is 1. The predicted octanol–water partition coefficient (Wildman–Crippen LogP) is 4.10. The topological polar surface area (TPSA) is 45.6 Å². The summed E-state index contributed by atoms with van der Waals surface area (Å²) >= 11 is 1.72. The molecule has 1 fully saturated rings. The number of carbonyl (C=O) groups is 1. The molecule has 156 valence electrons. The molecule has 1 amide bonds. The standard InChI is InChI=1S/C25H23N3O2S/c29-24-11-5-8-19-18-12-17(14-27(19)24)13-26(15-18)16-25(30)28-20-6-1-3-9-22(20)31-23-10-4-2-7-21(23)28/h1-11,17-18H,12-16H2/t17-,18+/m1/s1. The van der Waals surface area contributed by atoms with E-state index in [1.165, 1.54) is 0 Å². The van der Waals surface area contributed by atoms with Crippen LogP contribution < -0.4 is 10.5 Å². The van der Waals surface area contributed by atoms with Gasteiger partial charge < -0.3 is 4.57 Å². The Kier molecular flexibility index (Phi) is 4.51. The fourth-order valence-corrected chi connectivity index (χ4v) is 6.42. The van der Waals surface area contributed by atoms with E-state index in [-0.39, 0.29) is 11.5 Å². The maximum Gasteiger partial charge on any atom is 0.250 e. The number of piperidine rings is 1. The summed E-state index contributed by atoms with van der Waals surface area (Å²) < 4.78 is 1.94. The number of rotatable bonds is 2. The first-order valence-electron chi connectivity index (χ1n) is 10.8. The molecule has 4 heterocycles. The minimum Gasteiger partial charge on any atom is -0.312 e. The minimum absolute atomic E-state index is 0.0933. The highest BCUT2D eigenvalue weighted by atomic mass is 32.2. The molecule has 2 aromatic carbocycles. The number of pyridine rings is 1. The number of benzene rings is 2. The number of para-hydroxylation sites is 2. The lowest BCUT2D eigenvalue weighted by atomic mass is 9.83. The van der Waals surface area contributed by atoms with Crippen molar-refractivity contribution in [2.24, 2.45) is 5.92 Å². The van der Waals surface area contributed by atoms with Gasteiger partial charge in [0.15, 0.2) is 0 Å². The van der Waals surface area contributed by atoms with Gasteiger partial charge in [0.05, 0.1) is 17.9 Å². The first-order valence-corrected chi connectivity index (χ1v) is 11.6. The zero-order chi connectivity index (χ0) is 20.9. The third-order valence-corrected chi connectivity index (χ3v) is 7.73. The van der Waals surface area contributed by atoms with E-state index in [0.717, 1.165) is 52.9 Å². The lowest BCUT2D eigenvalue weighted by Gasteiger charge is -2.43. The number of aromatic nitrogens is 1. The van der Waals surface area contributed by atoms with Crippen molar-refractivity contribution in [3.8, 4) is 0 Å². The Balaban J connectivity index is 1.29. The molecule has 3 aliphatic heterocycles. The molecule has 2 bridgehead atoms. The maximum atomic E-state index is 13.6. The summed E-state index contributed by atoms with van der Waals surface area (Å²) in [5.74, 6) is 0.826. The Morgan fingerprint density at radius 1 is 0.871 bits per heavy atom. The third kappa shape index (κ3) is 3.22. The molecule has 0 saturated carbocycles. The zero-order valence-electron chi connectivity index (χ0n) is 17.1. The molecule has 1 saturated heterocycles. The van der Waals surface area contributed by atoms with Crippen LogP contribution in [0.1, 0.15) is 18.0 Å². The quantitative estimate of drug-likeness (QED) is 0.615. The molecule has 31 heavy (non-hydrogen) atoms. The summed E-state index contributed by atoms with van der Waals surface area (Å²) in [7, 11) is 0. The van der Waals surface area contributed by atoms with Crippen molar-refractivity contribution >= 4 is 29.0 Å². The number of fused-ring (bicyclic) bond motifs is 6. The molecule has 0 spiro atoms. The van der Waals surface area contributed by atoms with E-state index in [1.54, 1.807) is 17.8 Å². The largest absolute Gasteiger partial charge is 0.312 e. The molecule has 6 heteroatoms. The molecule has 0 unspecified atom stereocenters. The van der Waals surface area contributed by atoms with Crippen molar-refractivity contribution in [1.29, 1.82) is 0 Å². The van der Waals surface area contributed by atoms with Crippen LogP contribution in [0.2, 0.25) is 0 Å². The molecule has 0 N–H and O–H groups in total. The smallest absolute Gasteiger partial charge is 0.250 e. The Morgan fingerprint density at radius 2 is 1.58 bits per heavy atom. The first kappa shape index (κ1) is 18.9. The van der Waals surface area contributed by atoms with Gasteiger partial charge in [-0.15, -0.1) is 0 Å². The van der Waals surface area contributed by atoms with E-state index >= 15 is 0 Å². The summed E-state index contributed by atoms with van der Waals surface area (Å²) in [6.45, 7) is 2.81. The van der Waals surface area contributed by atoms with Crippen molar-refractivity contribution in [3.05, 3.63) is 82.8 Å². The molecular formula is C25H23N3O2S. The zero-order valence-corrected chi connectivity index (χ0v) is 17.9. The van der Waals surface area contributed by atoms with Crippen LogP contribution in [0.15, 0.2) is 81.3 Å². The van der Waals surface area contributed by atoms with Crippen LogP contribution in [-0.2, 0) is 11.3 Å². The van der Waals surface area contributed by atoms with Gasteiger partial charge in [-0.05, 0) is 42.7 Å². The summed E-state index contributed by atoms with van der Waals surface area (Å²) in [6.07, 6.45) is 1.10. The van der Waals surface area contributed by atoms with Gasteiger partial charge in [0.2, 0.25) is 5.91 Å². The van der Waals surface area contributed by atoms with Gasteiger partial charge in [-0.1, -0.05) is 42.1 Å². The van der Waals surface area contributed by atoms with Gasteiger partial charge in [0.1, 0.15) is 0 Å².